The first-order valence-electron chi connectivity index (χ1n) is 9.72. The van der Waals surface area contributed by atoms with Crippen molar-refractivity contribution in [2.24, 2.45) is 0 Å². The zero-order chi connectivity index (χ0) is 22.9. The molecule has 3 aromatic carbocycles. The Labute approximate surface area is 185 Å². The van der Waals surface area contributed by atoms with Crippen molar-refractivity contribution in [3.05, 3.63) is 101 Å². The number of carbonyl (C=O) groups is 3. The second-order valence-electron chi connectivity index (χ2n) is 6.67. The fourth-order valence-corrected chi connectivity index (χ4v) is 2.82. The summed E-state index contributed by atoms with van der Waals surface area (Å²) in [4.78, 5) is 37.2. The number of nitrogens with one attached hydrogen (secondary N) is 2. The van der Waals surface area contributed by atoms with Gasteiger partial charge in [-0.25, -0.2) is 4.79 Å². The van der Waals surface area contributed by atoms with Gasteiger partial charge in [0.25, 0.3) is 11.8 Å². The van der Waals surface area contributed by atoms with E-state index in [4.69, 9.17) is 4.74 Å². The van der Waals surface area contributed by atoms with E-state index in [2.05, 4.69) is 15.4 Å². The van der Waals surface area contributed by atoms with Crippen LogP contribution in [0, 0.1) is 0 Å². The van der Waals surface area contributed by atoms with Crippen LogP contribution in [0.25, 0.3) is 6.08 Å². The number of amides is 2. The van der Waals surface area contributed by atoms with Crippen LogP contribution in [-0.2, 0) is 9.53 Å². The average Bonchev–Trinajstić information content (AvgIpc) is 2.84. The van der Waals surface area contributed by atoms with Gasteiger partial charge in [-0.15, -0.1) is 0 Å². The SMILES string of the molecule is COC(=O)c1ccc(NC(=O)/C(=C/c2ccc(OC)cc2)NC(=O)c2ccccc2)cc1. The number of carbonyl (C=O) groups excluding carboxylic acids is 3. The molecule has 2 N–H and O–H groups in total. The lowest BCUT2D eigenvalue weighted by Crippen LogP contribution is -2.30. The first-order valence-corrected chi connectivity index (χ1v) is 9.72. The minimum absolute atomic E-state index is 0.0565. The normalized spacial score (nSPS) is 10.8. The molecule has 32 heavy (non-hydrogen) atoms. The minimum Gasteiger partial charge on any atom is -0.497 e. The number of methoxy groups -OCH3 is 2. The number of anilines is 1. The number of ether oxygens (including phenoxy) is 2. The summed E-state index contributed by atoms with van der Waals surface area (Å²) in [5.41, 5.74) is 1.99. The molecule has 2 amide bonds. The molecule has 3 aromatic rings. The minimum atomic E-state index is -0.518. The van der Waals surface area contributed by atoms with Crippen LogP contribution in [0.5, 0.6) is 5.75 Å². The largest absolute Gasteiger partial charge is 0.497 e. The van der Waals surface area contributed by atoms with Crippen LogP contribution in [0.3, 0.4) is 0 Å². The van der Waals surface area contributed by atoms with E-state index in [1.807, 2.05) is 0 Å². The summed E-state index contributed by atoms with van der Waals surface area (Å²) in [5, 5.41) is 5.40. The molecule has 0 fully saturated rings. The maximum atomic E-state index is 13.0. The molecule has 0 radical (unpaired) electrons. The molecule has 3 rings (SSSR count). The summed E-state index contributed by atoms with van der Waals surface area (Å²) < 4.78 is 9.83. The summed E-state index contributed by atoms with van der Waals surface area (Å²) in [5.74, 6) is -0.734. The van der Waals surface area contributed by atoms with Gasteiger partial charge in [0.05, 0.1) is 19.8 Å². The quantitative estimate of drug-likeness (QED) is 0.438. The summed E-state index contributed by atoms with van der Waals surface area (Å²) in [6.07, 6.45) is 1.57. The van der Waals surface area contributed by atoms with Gasteiger partial charge in [0.2, 0.25) is 0 Å². The van der Waals surface area contributed by atoms with E-state index < -0.39 is 17.8 Å². The third-order valence-electron chi connectivity index (χ3n) is 4.52. The zero-order valence-electron chi connectivity index (χ0n) is 17.6. The monoisotopic (exact) mass is 430 g/mol. The Hall–Kier alpha value is -4.39. The van der Waals surface area contributed by atoms with Gasteiger partial charge < -0.3 is 20.1 Å². The van der Waals surface area contributed by atoms with Gasteiger partial charge in [0.15, 0.2) is 0 Å². The van der Waals surface area contributed by atoms with Crippen molar-refractivity contribution in [2.45, 2.75) is 0 Å². The summed E-state index contributed by atoms with van der Waals surface area (Å²) in [7, 11) is 2.86. The summed E-state index contributed by atoms with van der Waals surface area (Å²) >= 11 is 0. The molecule has 0 aliphatic carbocycles. The molecule has 0 aliphatic heterocycles. The lowest BCUT2D eigenvalue weighted by atomic mass is 10.1. The Kier molecular flexibility index (Phi) is 7.37. The second kappa shape index (κ2) is 10.6. The molecule has 7 nitrogen and oxygen atoms in total. The van der Waals surface area contributed by atoms with Crippen LogP contribution in [0.2, 0.25) is 0 Å². The molecule has 0 saturated heterocycles. The number of rotatable bonds is 7. The van der Waals surface area contributed by atoms with Gasteiger partial charge in [0.1, 0.15) is 11.4 Å². The highest BCUT2D eigenvalue weighted by Gasteiger charge is 2.15. The lowest BCUT2D eigenvalue weighted by Gasteiger charge is -2.12. The van der Waals surface area contributed by atoms with Crippen molar-refractivity contribution < 1.29 is 23.9 Å². The average molecular weight is 430 g/mol. The molecule has 0 aliphatic rings. The second-order valence-corrected chi connectivity index (χ2v) is 6.67. The molecule has 0 bridgehead atoms. The molecule has 0 heterocycles. The topological polar surface area (TPSA) is 93.7 Å². The number of benzene rings is 3. The third kappa shape index (κ3) is 5.82. The van der Waals surface area contributed by atoms with E-state index in [0.717, 1.165) is 0 Å². The lowest BCUT2D eigenvalue weighted by molar-refractivity contribution is -0.113. The first-order chi connectivity index (χ1) is 15.5. The van der Waals surface area contributed by atoms with Crippen molar-refractivity contribution >= 4 is 29.5 Å². The highest BCUT2D eigenvalue weighted by atomic mass is 16.5. The van der Waals surface area contributed by atoms with Gasteiger partial charge in [-0.2, -0.15) is 0 Å². The van der Waals surface area contributed by atoms with Crippen molar-refractivity contribution in [3.8, 4) is 5.75 Å². The smallest absolute Gasteiger partial charge is 0.337 e. The van der Waals surface area contributed by atoms with Gasteiger partial charge in [-0.3, -0.25) is 9.59 Å². The van der Waals surface area contributed by atoms with Gasteiger partial charge in [-0.05, 0) is 60.2 Å². The number of hydrogen-bond acceptors (Lipinski definition) is 5. The third-order valence-corrected chi connectivity index (χ3v) is 4.52. The summed E-state index contributed by atoms with van der Waals surface area (Å²) in [6, 6.07) is 21.9. The van der Waals surface area contributed by atoms with E-state index in [-0.39, 0.29) is 5.70 Å². The van der Waals surface area contributed by atoms with Crippen LogP contribution in [0.1, 0.15) is 26.3 Å². The molecule has 0 unspecified atom stereocenters. The molecule has 0 atom stereocenters. The molecule has 7 heteroatoms. The fourth-order valence-electron chi connectivity index (χ4n) is 2.82. The van der Waals surface area contributed by atoms with Crippen LogP contribution in [0.15, 0.2) is 84.6 Å². The zero-order valence-corrected chi connectivity index (χ0v) is 17.6. The van der Waals surface area contributed by atoms with Crippen molar-refractivity contribution in [3.63, 3.8) is 0 Å². The Morgan fingerprint density at radius 3 is 2.03 bits per heavy atom. The van der Waals surface area contributed by atoms with Crippen LogP contribution in [0.4, 0.5) is 5.69 Å². The molecular formula is C25H22N2O5. The van der Waals surface area contributed by atoms with Gasteiger partial charge in [0, 0.05) is 11.3 Å². The van der Waals surface area contributed by atoms with E-state index in [1.165, 1.54) is 19.2 Å². The van der Waals surface area contributed by atoms with Crippen molar-refractivity contribution in [1.82, 2.24) is 5.32 Å². The van der Waals surface area contributed by atoms with Crippen LogP contribution < -0.4 is 15.4 Å². The van der Waals surface area contributed by atoms with E-state index in [1.54, 1.807) is 79.9 Å². The fraction of sp³-hybridized carbons (Fsp3) is 0.0800. The molecule has 0 spiro atoms. The van der Waals surface area contributed by atoms with E-state index in [0.29, 0.717) is 28.1 Å². The highest BCUT2D eigenvalue weighted by molar-refractivity contribution is 6.10. The van der Waals surface area contributed by atoms with E-state index >= 15 is 0 Å². The molecule has 0 saturated carbocycles. The Bertz CT molecular complexity index is 1120. The Balaban J connectivity index is 1.84. The molecular weight excluding hydrogens is 408 g/mol. The number of esters is 1. The predicted molar refractivity (Wildman–Crippen MR) is 121 cm³/mol. The Morgan fingerprint density at radius 2 is 1.44 bits per heavy atom. The first kappa shape index (κ1) is 22.3. The Morgan fingerprint density at radius 1 is 0.781 bits per heavy atom. The number of hydrogen-bond donors (Lipinski definition) is 2. The highest BCUT2D eigenvalue weighted by Crippen LogP contribution is 2.16. The maximum absolute atomic E-state index is 13.0. The van der Waals surface area contributed by atoms with Crippen molar-refractivity contribution in [1.29, 1.82) is 0 Å². The van der Waals surface area contributed by atoms with Crippen LogP contribution >= 0.6 is 0 Å². The standard InChI is InChI=1S/C25H22N2O5/c1-31-21-14-8-17(9-15-21)16-22(27-23(28)18-6-4-3-5-7-18)24(29)26-20-12-10-19(11-13-20)25(30)32-2/h3-16H,1-2H3,(H,26,29)(H,27,28)/b22-16-. The molecule has 0 aromatic heterocycles. The van der Waals surface area contributed by atoms with Crippen LogP contribution in [-0.4, -0.2) is 32.0 Å². The van der Waals surface area contributed by atoms with E-state index in [9.17, 15) is 14.4 Å². The predicted octanol–water partition coefficient (Wildman–Crippen LogP) is 3.89. The summed E-state index contributed by atoms with van der Waals surface area (Å²) in [6.45, 7) is 0. The van der Waals surface area contributed by atoms with Gasteiger partial charge >= 0.3 is 5.97 Å². The van der Waals surface area contributed by atoms with Gasteiger partial charge in [-0.1, -0.05) is 30.3 Å². The van der Waals surface area contributed by atoms with Crippen molar-refractivity contribution in [2.75, 3.05) is 19.5 Å². The molecule has 162 valence electrons. The maximum Gasteiger partial charge on any atom is 0.337 e.